The van der Waals surface area contributed by atoms with E-state index in [9.17, 15) is 9.59 Å². The summed E-state index contributed by atoms with van der Waals surface area (Å²) in [7, 11) is 0. The summed E-state index contributed by atoms with van der Waals surface area (Å²) in [6.45, 7) is 4.79. The normalized spacial score (nSPS) is 19.6. The van der Waals surface area contributed by atoms with Gasteiger partial charge in [-0.05, 0) is 35.7 Å². The van der Waals surface area contributed by atoms with Crippen molar-refractivity contribution in [2.45, 2.75) is 31.1 Å². The van der Waals surface area contributed by atoms with Crippen molar-refractivity contribution in [2.24, 2.45) is 0 Å². The van der Waals surface area contributed by atoms with Gasteiger partial charge in [0.1, 0.15) is 0 Å². The lowest BCUT2D eigenvalue weighted by atomic mass is 9.82. The summed E-state index contributed by atoms with van der Waals surface area (Å²) in [6.07, 6.45) is 4.27. The highest BCUT2D eigenvalue weighted by Crippen LogP contribution is 2.44. The molecule has 2 fully saturated rings. The largest absolute Gasteiger partial charge is 0.350 e. The molecule has 2 aromatic heterocycles. The molecule has 5 nitrogen and oxygen atoms in total. The molecule has 150 valence electrons. The summed E-state index contributed by atoms with van der Waals surface area (Å²) < 4.78 is 0. The zero-order valence-corrected chi connectivity index (χ0v) is 17.7. The zero-order chi connectivity index (χ0) is 19.4. The van der Waals surface area contributed by atoms with E-state index in [1.165, 1.54) is 16.2 Å². The first-order valence-corrected chi connectivity index (χ1v) is 11.8. The molecule has 1 N–H and O–H groups in total. The lowest BCUT2D eigenvalue weighted by molar-refractivity contribution is -0.139. The molecule has 0 unspecified atom stereocenters. The molecule has 7 heteroatoms. The number of thiophene rings is 2. The number of hydrogen-bond donors (Lipinski definition) is 1. The van der Waals surface area contributed by atoms with Gasteiger partial charge in [-0.3, -0.25) is 14.5 Å². The zero-order valence-electron chi connectivity index (χ0n) is 16.1. The molecular weight excluding hydrogens is 390 g/mol. The molecule has 0 radical (unpaired) electrons. The molecule has 2 aromatic rings. The summed E-state index contributed by atoms with van der Waals surface area (Å²) >= 11 is 3.19. The SMILES string of the molecule is O=C(NCCN1CCN(C(=O)C2(c3cccs3)CCCC2)CC1)c1cccs1. The van der Waals surface area contributed by atoms with Crippen LogP contribution < -0.4 is 5.32 Å². The highest BCUT2D eigenvalue weighted by molar-refractivity contribution is 7.12. The minimum absolute atomic E-state index is 0.00272. The van der Waals surface area contributed by atoms with Crippen LogP contribution >= 0.6 is 22.7 Å². The Morgan fingerprint density at radius 3 is 2.36 bits per heavy atom. The van der Waals surface area contributed by atoms with Crippen LogP contribution in [0.15, 0.2) is 35.0 Å². The van der Waals surface area contributed by atoms with Crippen LogP contribution in [-0.2, 0) is 10.2 Å². The Bertz CT molecular complexity index is 775. The molecule has 4 rings (SSSR count). The second kappa shape index (κ2) is 8.76. The van der Waals surface area contributed by atoms with Crippen LogP contribution in [0.25, 0.3) is 0 Å². The molecule has 2 aliphatic rings. The molecule has 0 bridgehead atoms. The summed E-state index contributed by atoms with van der Waals surface area (Å²) in [6, 6.07) is 7.94. The Hall–Kier alpha value is -1.70. The number of carbonyl (C=O) groups is 2. The van der Waals surface area contributed by atoms with E-state index >= 15 is 0 Å². The predicted octanol–water partition coefficient (Wildman–Crippen LogP) is 3.20. The third-order valence-electron chi connectivity index (χ3n) is 5.98. The van der Waals surface area contributed by atoms with Crippen molar-refractivity contribution in [2.75, 3.05) is 39.3 Å². The molecule has 3 heterocycles. The fraction of sp³-hybridized carbons (Fsp3) is 0.524. The van der Waals surface area contributed by atoms with Crippen molar-refractivity contribution in [3.63, 3.8) is 0 Å². The van der Waals surface area contributed by atoms with Gasteiger partial charge in [-0.1, -0.05) is 25.0 Å². The average molecular weight is 418 g/mol. The smallest absolute Gasteiger partial charge is 0.261 e. The molecule has 0 atom stereocenters. The topological polar surface area (TPSA) is 52.7 Å². The third kappa shape index (κ3) is 4.02. The first-order chi connectivity index (χ1) is 13.7. The Labute approximate surface area is 174 Å². The summed E-state index contributed by atoms with van der Waals surface area (Å²) in [4.78, 5) is 31.8. The predicted molar refractivity (Wildman–Crippen MR) is 114 cm³/mol. The van der Waals surface area contributed by atoms with Gasteiger partial charge in [-0.2, -0.15) is 0 Å². The number of piperazine rings is 1. The van der Waals surface area contributed by atoms with Gasteiger partial charge in [0.15, 0.2) is 0 Å². The maximum atomic E-state index is 13.4. The number of hydrogen-bond acceptors (Lipinski definition) is 5. The number of nitrogens with zero attached hydrogens (tertiary/aromatic N) is 2. The van der Waals surface area contributed by atoms with E-state index in [1.54, 1.807) is 11.3 Å². The molecule has 2 amide bonds. The number of rotatable bonds is 6. The van der Waals surface area contributed by atoms with E-state index in [-0.39, 0.29) is 11.3 Å². The molecular formula is C21H27N3O2S2. The van der Waals surface area contributed by atoms with Crippen molar-refractivity contribution < 1.29 is 9.59 Å². The minimum Gasteiger partial charge on any atom is -0.350 e. The quantitative estimate of drug-likeness (QED) is 0.785. The van der Waals surface area contributed by atoms with E-state index in [1.807, 2.05) is 17.5 Å². The first kappa shape index (κ1) is 19.6. The number of amides is 2. The van der Waals surface area contributed by atoms with Crippen LogP contribution in [0.4, 0.5) is 0 Å². The maximum Gasteiger partial charge on any atom is 0.261 e. The monoisotopic (exact) mass is 417 g/mol. The van der Waals surface area contributed by atoms with Crippen molar-refractivity contribution in [3.05, 3.63) is 44.8 Å². The fourth-order valence-corrected chi connectivity index (χ4v) is 6.01. The van der Waals surface area contributed by atoms with Crippen LogP contribution in [0.5, 0.6) is 0 Å². The molecule has 1 saturated carbocycles. The van der Waals surface area contributed by atoms with Crippen molar-refractivity contribution in [1.29, 1.82) is 0 Å². The number of nitrogens with one attached hydrogen (secondary N) is 1. The van der Waals surface area contributed by atoms with E-state index in [0.29, 0.717) is 12.5 Å². The van der Waals surface area contributed by atoms with Crippen LogP contribution in [0.2, 0.25) is 0 Å². The van der Waals surface area contributed by atoms with E-state index in [0.717, 1.165) is 63.3 Å². The minimum atomic E-state index is -0.273. The Morgan fingerprint density at radius 2 is 1.71 bits per heavy atom. The lowest BCUT2D eigenvalue weighted by Gasteiger charge is -2.39. The van der Waals surface area contributed by atoms with Gasteiger partial charge in [0.05, 0.1) is 10.3 Å². The van der Waals surface area contributed by atoms with Crippen LogP contribution in [0.3, 0.4) is 0 Å². The molecule has 1 aliphatic carbocycles. The van der Waals surface area contributed by atoms with E-state index in [2.05, 4.69) is 32.6 Å². The maximum absolute atomic E-state index is 13.4. The van der Waals surface area contributed by atoms with E-state index < -0.39 is 0 Å². The summed E-state index contributed by atoms with van der Waals surface area (Å²) in [5.74, 6) is 0.334. The first-order valence-electron chi connectivity index (χ1n) is 10.1. The standard InChI is InChI=1S/C21H27N3O2S2/c25-19(17-5-3-15-27-17)22-9-10-23-11-13-24(14-12-23)20(26)21(7-1-2-8-21)18-6-4-16-28-18/h3-6,15-16H,1-2,7-14H2,(H,22,25). The van der Waals surface area contributed by atoms with Crippen LogP contribution in [-0.4, -0.2) is 60.9 Å². The van der Waals surface area contributed by atoms with Crippen molar-refractivity contribution in [3.8, 4) is 0 Å². The van der Waals surface area contributed by atoms with Crippen LogP contribution in [0, 0.1) is 0 Å². The Kier molecular flexibility index (Phi) is 6.13. The van der Waals surface area contributed by atoms with Gasteiger partial charge in [-0.25, -0.2) is 0 Å². The highest BCUT2D eigenvalue weighted by Gasteiger charge is 2.46. The second-order valence-corrected chi connectivity index (χ2v) is 9.53. The highest BCUT2D eigenvalue weighted by atomic mass is 32.1. The third-order valence-corrected chi connectivity index (χ3v) is 7.92. The second-order valence-electron chi connectivity index (χ2n) is 7.63. The summed E-state index contributed by atoms with van der Waals surface area (Å²) in [5, 5.41) is 6.99. The van der Waals surface area contributed by atoms with Gasteiger partial charge >= 0.3 is 0 Å². The molecule has 0 spiro atoms. The Balaban J connectivity index is 1.27. The van der Waals surface area contributed by atoms with Gasteiger partial charge in [0.25, 0.3) is 5.91 Å². The lowest BCUT2D eigenvalue weighted by Crippen LogP contribution is -2.54. The Morgan fingerprint density at radius 1 is 1.00 bits per heavy atom. The number of carbonyl (C=O) groups excluding carboxylic acids is 2. The van der Waals surface area contributed by atoms with Crippen LogP contribution in [0.1, 0.15) is 40.2 Å². The van der Waals surface area contributed by atoms with E-state index in [4.69, 9.17) is 0 Å². The van der Waals surface area contributed by atoms with Gasteiger partial charge < -0.3 is 10.2 Å². The molecule has 1 aliphatic heterocycles. The van der Waals surface area contributed by atoms with Gasteiger partial charge in [0.2, 0.25) is 5.91 Å². The van der Waals surface area contributed by atoms with Crippen molar-refractivity contribution >= 4 is 34.5 Å². The average Bonchev–Trinajstić information content (AvgIpc) is 3.50. The molecule has 28 heavy (non-hydrogen) atoms. The summed E-state index contributed by atoms with van der Waals surface area (Å²) in [5.41, 5.74) is -0.273. The van der Waals surface area contributed by atoms with Crippen molar-refractivity contribution in [1.82, 2.24) is 15.1 Å². The molecule has 0 aromatic carbocycles. The van der Waals surface area contributed by atoms with Gasteiger partial charge in [-0.15, -0.1) is 22.7 Å². The van der Waals surface area contributed by atoms with Gasteiger partial charge in [0, 0.05) is 44.1 Å². The fourth-order valence-electron chi connectivity index (χ4n) is 4.39. The molecule has 1 saturated heterocycles.